The Morgan fingerprint density at radius 2 is 1.83 bits per heavy atom. The molecule has 35 heavy (non-hydrogen) atoms. The Kier molecular flexibility index (Phi) is 5.47. The standard InChI is InChI=1S/C26H26F2N6O/c1-5-17-16-11-20(22-18(27)7-6-8-19(22)28)32-33-23(16)26(4,25(17,2)3)21-9-10-29-24(31-21)34-13-15(14-35)12-30-34/h6-13,17,35H,5,14H2,1-4H3/t17-,26-/m0/s1. The Labute approximate surface area is 201 Å². The highest BCUT2D eigenvalue weighted by molar-refractivity contribution is 5.63. The van der Waals surface area contributed by atoms with Crippen molar-refractivity contribution >= 4 is 0 Å². The van der Waals surface area contributed by atoms with Crippen LogP contribution in [0.1, 0.15) is 62.5 Å². The summed E-state index contributed by atoms with van der Waals surface area (Å²) in [6.07, 6.45) is 5.72. The third-order valence-corrected chi connectivity index (χ3v) is 7.64. The number of aliphatic hydroxyl groups is 1. The van der Waals surface area contributed by atoms with Gasteiger partial charge >= 0.3 is 0 Å². The highest BCUT2D eigenvalue weighted by atomic mass is 19.1. The van der Waals surface area contributed by atoms with Crippen LogP contribution in [0.25, 0.3) is 17.2 Å². The molecule has 2 atom stereocenters. The van der Waals surface area contributed by atoms with Crippen molar-refractivity contribution in [3.63, 3.8) is 0 Å². The third kappa shape index (κ3) is 3.36. The molecule has 5 rings (SSSR count). The molecule has 1 N–H and O–H groups in total. The zero-order chi connectivity index (χ0) is 25.0. The fourth-order valence-corrected chi connectivity index (χ4v) is 5.44. The first-order chi connectivity index (χ1) is 16.7. The third-order valence-electron chi connectivity index (χ3n) is 7.64. The molecule has 0 amide bonds. The lowest BCUT2D eigenvalue weighted by Gasteiger charge is -2.41. The average molecular weight is 477 g/mol. The van der Waals surface area contributed by atoms with Crippen LogP contribution in [0.15, 0.2) is 48.9 Å². The van der Waals surface area contributed by atoms with E-state index >= 15 is 0 Å². The molecule has 0 bridgehead atoms. The first-order valence-corrected chi connectivity index (χ1v) is 11.5. The number of hydrogen-bond donors (Lipinski definition) is 1. The highest BCUT2D eigenvalue weighted by Crippen LogP contribution is 2.61. The number of aromatic nitrogens is 6. The van der Waals surface area contributed by atoms with E-state index in [1.807, 2.05) is 6.07 Å². The van der Waals surface area contributed by atoms with E-state index < -0.39 is 17.0 Å². The Bertz CT molecular complexity index is 1400. The van der Waals surface area contributed by atoms with Crippen molar-refractivity contribution in [1.82, 2.24) is 29.9 Å². The van der Waals surface area contributed by atoms with E-state index in [0.29, 0.717) is 11.5 Å². The van der Waals surface area contributed by atoms with Crippen LogP contribution in [0.2, 0.25) is 0 Å². The molecular weight excluding hydrogens is 450 g/mol. The number of aliphatic hydroxyl groups excluding tert-OH is 1. The maximum absolute atomic E-state index is 14.5. The van der Waals surface area contributed by atoms with Crippen molar-refractivity contribution < 1.29 is 13.9 Å². The first kappa shape index (κ1) is 23.2. The van der Waals surface area contributed by atoms with Crippen molar-refractivity contribution in [1.29, 1.82) is 0 Å². The highest BCUT2D eigenvalue weighted by Gasteiger charge is 2.57. The number of nitrogens with zero attached hydrogens (tertiary/aromatic N) is 6. The number of rotatable bonds is 5. The minimum absolute atomic E-state index is 0.0516. The van der Waals surface area contributed by atoms with Gasteiger partial charge in [-0.2, -0.15) is 10.2 Å². The summed E-state index contributed by atoms with van der Waals surface area (Å²) in [7, 11) is 0. The van der Waals surface area contributed by atoms with Gasteiger partial charge in [-0.1, -0.05) is 26.8 Å². The van der Waals surface area contributed by atoms with Crippen molar-refractivity contribution in [2.24, 2.45) is 5.41 Å². The Morgan fingerprint density at radius 1 is 1.09 bits per heavy atom. The topological polar surface area (TPSA) is 89.6 Å². The van der Waals surface area contributed by atoms with E-state index in [-0.39, 0.29) is 29.2 Å². The number of fused-ring (bicyclic) bond motifs is 1. The monoisotopic (exact) mass is 476 g/mol. The predicted molar refractivity (Wildman–Crippen MR) is 126 cm³/mol. The van der Waals surface area contributed by atoms with Crippen molar-refractivity contribution in [3.8, 4) is 17.2 Å². The average Bonchev–Trinajstić information content (AvgIpc) is 3.39. The summed E-state index contributed by atoms with van der Waals surface area (Å²) in [5, 5.41) is 22.5. The number of hydrogen-bond acceptors (Lipinski definition) is 6. The summed E-state index contributed by atoms with van der Waals surface area (Å²) in [5.41, 5.74) is 2.03. The largest absolute Gasteiger partial charge is 0.392 e. The maximum atomic E-state index is 14.5. The molecule has 0 saturated carbocycles. The van der Waals surface area contributed by atoms with Crippen LogP contribution < -0.4 is 0 Å². The molecule has 0 radical (unpaired) electrons. The second-order valence-electron chi connectivity index (χ2n) is 9.63. The molecule has 1 aromatic carbocycles. The predicted octanol–water partition coefficient (Wildman–Crippen LogP) is 4.73. The van der Waals surface area contributed by atoms with Gasteiger partial charge in [0, 0.05) is 18.0 Å². The maximum Gasteiger partial charge on any atom is 0.250 e. The molecular formula is C26H26F2N6O. The molecule has 0 spiro atoms. The molecule has 1 aliphatic carbocycles. The van der Waals surface area contributed by atoms with Crippen molar-refractivity contribution in [3.05, 3.63) is 83.1 Å². The molecule has 0 saturated heterocycles. The van der Waals surface area contributed by atoms with Gasteiger partial charge in [-0.25, -0.2) is 23.4 Å². The molecule has 4 aromatic rings. The molecule has 9 heteroatoms. The number of benzene rings is 1. The van der Waals surface area contributed by atoms with Crippen LogP contribution in [0.5, 0.6) is 0 Å². The van der Waals surface area contributed by atoms with Gasteiger partial charge in [0.2, 0.25) is 0 Å². The fraction of sp³-hybridized carbons (Fsp3) is 0.346. The molecule has 3 aromatic heterocycles. The quantitative estimate of drug-likeness (QED) is 0.448. The smallest absolute Gasteiger partial charge is 0.250 e. The van der Waals surface area contributed by atoms with E-state index in [9.17, 15) is 13.9 Å². The van der Waals surface area contributed by atoms with Crippen LogP contribution in [0.3, 0.4) is 0 Å². The van der Waals surface area contributed by atoms with Crippen LogP contribution >= 0.6 is 0 Å². The summed E-state index contributed by atoms with van der Waals surface area (Å²) >= 11 is 0. The zero-order valence-electron chi connectivity index (χ0n) is 20.0. The summed E-state index contributed by atoms with van der Waals surface area (Å²) < 4.78 is 30.6. The fourth-order valence-electron chi connectivity index (χ4n) is 5.44. The first-order valence-electron chi connectivity index (χ1n) is 11.5. The van der Waals surface area contributed by atoms with Crippen LogP contribution in [0.4, 0.5) is 8.78 Å². The van der Waals surface area contributed by atoms with Gasteiger partial charge in [0.05, 0.1) is 40.9 Å². The van der Waals surface area contributed by atoms with Crippen molar-refractivity contribution in [2.45, 2.75) is 52.1 Å². The SMILES string of the molecule is CC[C@H]1c2cc(-c3c(F)cccc3F)nnc2[C@](C)(c2ccnc(-n3cc(CO)cn3)n2)C1(C)C. The molecule has 180 valence electrons. The lowest BCUT2D eigenvalue weighted by atomic mass is 9.62. The van der Waals surface area contributed by atoms with Crippen LogP contribution in [0, 0.1) is 17.0 Å². The minimum atomic E-state index is -0.672. The second kappa shape index (κ2) is 8.27. The van der Waals surface area contributed by atoms with Gasteiger partial charge in [-0.3, -0.25) is 0 Å². The van der Waals surface area contributed by atoms with E-state index in [4.69, 9.17) is 4.98 Å². The number of halogens is 2. The van der Waals surface area contributed by atoms with E-state index in [2.05, 4.69) is 48.0 Å². The molecule has 3 heterocycles. The van der Waals surface area contributed by atoms with Gasteiger partial charge in [0.25, 0.3) is 5.95 Å². The van der Waals surface area contributed by atoms with Crippen LogP contribution in [-0.4, -0.2) is 35.1 Å². The molecule has 1 aliphatic rings. The minimum Gasteiger partial charge on any atom is -0.392 e. The van der Waals surface area contributed by atoms with Gasteiger partial charge in [-0.15, -0.1) is 5.10 Å². The Morgan fingerprint density at radius 3 is 2.49 bits per heavy atom. The summed E-state index contributed by atoms with van der Waals surface area (Å²) in [4.78, 5) is 9.20. The molecule has 0 fully saturated rings. The summed E-state index contributed by atoms with van der Waals surface area (Å²) in [6, 6.07) is 7.40. The molecule has 7 nitrogen and oxygen atoms in total. The van der Waals surface area contributed by atoms with E-state index in [1.165, 1.54) is 22.9 Å². The Hall–Kier alpha value is -3.59. The lowest BCUT2D eigenvalue weighted by Crippen LogP contribution is -2.40. The van der Waals surface area contributed by atoms with Gasteiger partial charge in [-0.05, 0) is 54.5 Å². The van der Waals surface area contributed by atoms with Crippen molar-refractivity contribution in [2.75, 3.05) is 0 Å². The molecule has 0 aliphatic heterocycles. The lowest BCUT2D eigenvalue weighted by molar-refractivity contribution is 0.189. The zero-order valence-corrected chi connectivity index (χ0v) is 20.0. The molecule has 0 unspecified atom stereocenters. The van der Waals surface area contributed by atoms with E-state index in [0.717, 1.165) is 23.4 Å². The summed E-state index contributed by atoms with van der Waals surface area (Å²) in [5.74, 6) is -0.919. The van der Waals surface area contributed by atoms with Gasteiger partial charge < -0.3 is 5.11 Å². The van der Waals surface area contributed by atoms with Gasteiger partial charge in [0.15, 0.2) is 0 Å². The Balaban J connectivity index is 1.68. The van der Waals surface area contributed by atoms with Crippen LogP contribution in [-0.2, 0) is 12.0 Å². The van der Waals surface area contributed by atoms with E-state index in [1.54, 1.807) is 24.7 Å². The normalized spacial score (nSPS) is 20.7. The van der Waals surface area contributed by atoms with Gasteiger partial charge in [0.1, 0.15) is 11.6 Å². The summed E-state index contributed by atoms with van der Waals surface area (Å²) in [6.45, 7) is 8.36. The second-order valence-corrected chi connectivity index (χ2v) is 9.63.